The van der Waals surface area contributed by atoms with Gasteiger partial charge in [0.1, 0.15) is 0 Å². The molecule has 0 unspecified atom stereocenters. The van der Waals surface area contributed by atoms with Crippen molar-refractivity contribution >= 4 is 0 Å². The highest BCUT2D eigenvalue weighted by molar-refractivity contribution is 4.70. The van der Waals surface area contributed by atoms with Crippen LogP contribution in [0.5, 0.6) is 0 Å². The van der Waals surface area contributed by atoms with Gasteiger partial charge in [-0.25, -0.2) is 0 Å². The van der Waals surface area contributed by atoms with Gasteiger partial charge in [0.2, 0.25) is 0 Å². The number of nitrogens with zero attached hydrogens (tertiary/aromatic N) is 2. The smallest absolute Gasteiger partial charge is 0.0624 e. The monoisotopic (exact) mass is 210 g/mol. The molecule has 0 aromatic rings. The fourth-order valence-corrected chi connectivity index (χ4v) is 0.536. The lowest BCUT2D eigenvalue weighted by atomic mass is 10.1. The van der Waals surface area contributed by atoms with Crippen molar-refractivity contribution in [1.29, 1.82) is 10.5 Å². The van der Waals surface area contributed by atoms with Crippen molar-refractivity contribution in [2.75, 3.05) is 0 Å². The zero-order valence-electron chi connectivity index (χ0n) is 11.2. The van der Waals surface area contributed by atoms with E-state index in [0.29, 0.717) is 24.7 Å². The number of hydrogen-bond donors (Lipinski definition) is 0. The molecule has 88 valence electrons. The van der Waals surface area contributed by atoms with E-state index in [1.54, 1.807) is 0 Å². The molecule has 2 heteroatoms. The van der Waals surface area contributed by atoms with E-state index in [-0.39, 0.29) is 0 Å². The van der Waals surface area contributed by atoms with Gasteiger partial charge >= 0.3 is 0 Å². The molecular weight excluding hydrogens is 184 g/mol. The highest BCUT2D eigenvalue weighted by atomic mass is 14.2. The van der Waals surface area contributed by atoms with Crippen LogP contribution in [0.2, 0.25) is 0 Å². The fourth-order valence-electron chi connectivity index (χ4n) is 0.536. The molecule has 0 rings (SSSR count). The molecule has 0 radical (unpaired) electrons. The van der Waals surface area contributed by atoms with Crippen molar-refractivity contribution in [1.82, 2.24) is 0 Å². The van der Waals surface area contributed by atoms with E-state index in [0.717, 1.165) is 6.42 Å². The number of nitriles is 2. The van der Waals surface area contributed by atoms with E-state index < -0.39 is 0 Å². The molecule has 0 aromatic carbocycles. The summed E-state index contributed by atoms with van der Waals surface area (Å²) in [4.78, 5) is 0. The van der Waals surface area contributed by atoms with E-state index in [2.05, 4.69) is 26.0 Å². The van der Waals surface area contributed by atoms with Crippen LogP contribution in [-0.2, 0) is 0 Å². The maximum atomic E-state index is 8.07. The van der Waals surface area contributed by atoms with Crippen LogP contribution in [0.15, 0.2) is 0 Å². The summed E-state index contributed by atoms with van der Waals surface area (Å²) in [6.07, 6.45) is 2.42. The van der Waals surface area contributed by atoms with Crippen LogP contribution in [0, 0.1) is 34.5 Å². The van der Waals surface area contributed by atoms with Gasteiger partial charge in [0.05, 0.1) is 12.1 Å². The summed E-state index contributed by atoms with van der Waals surface area (Å²) < 4.78 is 0. The van der Waals surface area contributed by atoms with E-state index in [1.807, 2.05) is 27.7 Å². The first-order valence-corrected chi connectivity index (χ1v) is 5.78. The van der Waals surface area contributed by atoms with Gasteiger partial charge in [-0.2, -0.15) is 10.5 Å². The summed E-state index contributed by atoms with van der Waals surface area (Å²) in [7, 11) is 0. The Morgan fingerprint density at radius 2 is 1.33 bits per heavy atom. The SMILES string of the molecule is CC.CC(C)CC#N.CC(C)CCC#N. The molecule has 0 aliphatic carbocycles. The topological polar surface area (TPSA) is 47.6 Å². The Kier molecular flexibility index (Phi) is 24.4. The summed E-state index contributed by atoms with van der Waals surface area (Å²) in [5, 5.41) is 16.1. The van der Waals surface area contributed by atoms with Gasteiger partial charge in [-0.1, -0.05) is 41.5 Å². The van der Waals surface area contributed by atoms with E-state index >= 15 is 0 Å². The molecule has 0 saturated carbocycles. The molecule has 0 heterocycles. The Hall–Kier alpha value is -1.02. The fraction of sp³-hybridized carbons (Fsp3) is 0.846. The quantitative estimate of drug-likeness (QED) is 0.687. The highest BCUT2D eigenvalue weighted by Crippen LogP contribution is 2.00. The first-order valence-electron chi connectivity index (χ1n) is 5.78. The van der Waals surface area contributed by atoms with Gasteiger partial charge in [0.15, 0.2) is 0 Å². The van der Waals surface area contributed by atoms with E-state index in [1.165, 1.54) is 0 Å². The molecule has 0 aromatic heterocycles. The van der Waals surface area contributed by atoms with Crippen LogP contribution in [-0.4, -0.2) is 0 Å². The summed E-state index contributed by atoms with van der Waals surface area (Å²) in [5.74, 6) is 1.22. The largest absolute Gasteiger partial charge is 0.198 e. The Bertz CT molecular complexity index is 170. The first kappa shape index (κ1) is 19.5. The summed E-state index contributed by atoms with van der Waals surface area (Å²) in [6, 6.07) is 4.17. The van der Waals surface area contributed by atoms with Gasteiger partial charge in [-0.3, -0.25) is 0 Å². The summed E-state index contributed by atoms with van der Waals surface area (Å²) in [5.41, 5.74) is 0. The lowest BCUT2D eigenvalue weighted by Crippen LogP contribution is -1.82. The lowest BCUT2D eigenvalue weighted by Gasteiger charge is -1.94. The minimum atomic E-state index is 0.537. The third-order valence-corrected chi connectivity index (χ3v) is 1.33. The molecule has 0 amide bonds. The summed E-state index contributed by atoms with van der Waals surface area (Å²) >= 11 is 0. The average molecular weight is 210 g/mol. The van der Waals surface area contributed by atoms with E-state index in [9.17, 15) is 0 Å². The predicted octanol–water partition coefficient (Wildman–Crippen LogP) is 4.53. The van der Waals surface area contributed by atoms with Crippen molar-refractivity contribution < 1.29 is 0 Å². The third kappa shape index (κ3) is 43.8. The molecule has 0 N–H and O–H groups in total. The minimum Gasteiger partial charge on any atom is -0.198 e. The van der Waals surface area contributed by atoms with Gasteiger partial charge < -0.3 is 0 Å². The van der Waals surface area contributed by atoms with Crippen LogP contribution in [0.1, 0.15) is 60.8 Å². The highest BCUT2D eigenvalue weighted by Gasteiger charge is 1.88. The van der Waals surface area contributed by atoms with Gasteiger partial charge in [-0.15, -0.1) is 0 Å². The van der Waals surface area contributed by atoms with Gasteiger partial charge in [0.25, 0.3) is 0 Å². The third-order valence-electron chi connectivity index (χ3n) is 1.33. The van der Waals surface area contributed by atoms with Crippen LogP contribution in [0.3, 0.4) is 0 Å². The average Bonchev–Trinajstić information content (AvgIpc) is 2.18. The number of hydrogen-bond acceptors (Lipinski definition) is 2. The van der Waals surface area contributed by atoms with Gasteiger partial charge in [0, 0.05) is 12.8 Å². The second kappa shape index (κ2) is 18.7. The van der Waals surface area contributed by atoms with Crippen molar-refractivity contribution in [2.24, 2.45) is 11.8 Å². The first-order chi connectivity index (χ1) is 7.04. The molecular formula is C13H26N2. The molecule has 2 nitrogen and oxygen atoms in total. The van der Waals surface area contributed by atoms with Crippen LogP contribution < -0.4 is 0 Å². The molecule has 0 spiro atoms. The van der Waals surface area contributed by atoms with Crippen LogP contribution >= 0.6 is 0 Å². The van der Waals surface area contributed by atoms with Crippen LogP contribution in [0.4, 0.5) is 0 Å². The Labute approximate surface area is 95.9 Å². The van der Waals surface area contributed by atoms with Crippen LogP contribution in [0.25, 0.3) is 0 Å². The predicted molar refractivity (Wildman–Crippen MR) is 66.1 cm³/mol. The van der Waals surface area contributed by atoms with Crippen molar-refractivity contribution in [3.8, 4) is 12.1 Å². The molecule has 0 atom stereocenters. The molecule has 0 bridgehead atoms. The second-order valence-electron chi connectivity index (χ2n) is 3.85. The lowest BCUT2D eigenvalue weighted by molar-refractivity contribution is 0.598. The molecule has 0 aliphatic heterocycles. The Balaban J connectivity index is -0.000000166. The zero-order valence-corrected chi connectivity index (χ0v) is 11.2. The molecule has 15 heavy (non-hydrogen) atoms. The molecule has 0 saturated heterocycles. The number of rotatable bonds is 3. The summed E-state index contributed by atoms with van der Waals surface area (Å²) in [6.45, 7) is 12.3. The van der Waals surface area contributed by atoms with Crippen molar-refractivity contribution in [2.45, 2.75) is 60.8 Å². The van der Waals surface area contributed by atoms with Crippen molar-refractivity contribution in [3.05, 3.63) is 0 Å². The second-order valence-corrected chi connectivity index (χ2v) is 3.85. The Morgan fingerprint density at radius 1 is 0.867 bits per heavy atom. The molecule has 0 aliphatic rings. The normalized spacial score (nSPS) is 7.87. The van der Waals surface area contributed by atoms with Crippen molar-refractivity contribution in [3.63, 3.8) is 0 Å². The Morgan fingerprint density at radius 3 is 1.40 bits per heavy atom. The maximum Gasteiger partial charge on any atom is 0.0624 e. The minimum absolute atomic E-state index is 0.537. The van der Waals surface area contributed by atoms with Gasteiger partial charge in [-0.05, 0) is 18.3 Å². The standard InChI is InChI=1S/C6H11N.C5H9N.C2H6/c1-6(2)4-3-5-7;1-5(2)3-4-6;1-2/h6H,3-4H2,1-2H3;5H,3H2,1-2H3;1-2H3. The zero-order chi connectivity index (χ0) is 12.7. The maximum absolute atomic E-state index is 8.07. The van der Waals surface area contributed by atoms with E-state index in [4.69, 9.17) is 10.5 Å². The molecule has 0 fully saturated rings.